The van der Waals surface area contributed by atoms with Crippen molar-refractivity contribution in [3.05, 3.63) is 82.3 Å². The van der Waals surface area contributed by atoms with Crippen LogP contribution in [0.5, 0.6) is 5.75 Å². The van der Waals surface area contributed by atoms with E-state index in [2.05, 4.69) is 40.0 Å². The van der Waals surface area contributed by atoms with Crippen LogP contribution in [-0.4, -0.2) is 46.7 Å². The SMILES string of the molecule is CN1c2cc(-n3ccc(OCc4ccc(F)cn4)cc3=O)ccc2C2CN3CCCC3CC21. The molecular weight excluding hydrogens is 419 g/mol. The number of hydrogen-bond donors (Lipinski definition) is 0. The Morgan fingerprint density at radius 1 is 1.18 bits per heavy atom. The molecular formula is C26H27FN4O2. The Labute approximate surface area is 192 Å². The van der Waals surface area contributed by atoms with Gasteiger partial charge in [0.05, 0.1) is 17.6 Å². The molecule has 5 heterocycles. The molecule has 2 aromatic heterocycles. The number of rotatable bonds is 4. The summed E-state index contributed by atoms with van der Waals surface area (Å²) in [5.74, 6) is 0.620. The molecule has 0 bridgehead atoms. The lowest BCUT2D eigenvalue weighted by molar-refractivity contribution is 0.165. The zero-order chi connectivity index (χ0) is 22.5. The first-order valence-corrected chi connectivity index (χ1v) is 11.6. The average molecular weight is 447 g/mol. The Kier molecular flexibility index (Phi) is 4.94. The number of halogens is 1. The van der Waals surface area contributed by atoms with Gasteiger partial charge in [-0.05, 0) is 61.7 Å². The monoisotopic (exact) mass is 446 g/mol. The van der Waals surface area contributed by atoms with Crippen LogP contribution in [0, 0.1) is 5.82 Å². The summed E-state index contributed by atoms with van der Waals surface area (Å²) in [5.41, 5.74) is 3.94. The molecule has 3 aromatic rings. The molecule has 3 atom stereocenters. The normalized spacial score (nSPS) is 23.8. The van der Waals surface area contributed by atoms with Crippen molar-refractivity contribution in [3.63, 3.8) is 0 Å². The van der Waals surface area contributed by atoms with E-state index >= 15 is 0 Å². The summed E-state index contributed by atoms with van der Waals surface area (Å²) in [6, 6.07) is 13.8. The van der Waals surface area contributed by atoms with Crippen LogP contribution < -0.4 is 15.2 Å². The Hall–Kier alpha value is -3.19. The van der Waals surface area contributed by atoms with Gasteiger partial charge in [0.1, 0.15) is 18.2 Å². The van der Waals surface area contributed by atoms with Crippen molar-refractivity contribution in [1.82, 2.24) is 14.5 Å². The van der Waals surface area contributed by atoms with Crippen molar-refractivity contribution in [1.29, 1.82) is 0 Å². The van der Waals surface area contributed by atoms with E-state index in [1.54, 1.807) is 22.9 Å². The van der Waals surface area contributed by atoms with E-state index < -0.39 is 0 Å². The fourth-order valence-electron chi connectivity index (χ4n) is 5.85. The highest BCUT2D eigenvalue weighted by Crippen LogP contribution is 2.47. The fourth-order valence-corrected chi connectivity index (χ4v) is 5.85. The predicted octanol–water partition coefficient (Wildman–Crippen LogP) is 3.72. The maximum atomic E-state index is 13.0. The lowest BCUT2D eigenvalue weighted by atomic mass is 9.86. The highest BCUT2D eigenvalue weighted by atomic mass is 19.1. The fraction of sp³-hybridized carbons (Fsp3) is 0.385. The molecule has 33 heavy (non-hydrogen) atoms. The number of piperidine rings is 1. The third-order valence-corrected chi connectivity index (χ3v) is 7.54. The van der Waals surface area contributed by atoms with Crippen molar-refractivity contribution in [2.24, 2.45) is 0 Å². The second kappa shape index (κ2) is 7.99. The first-order valence-electron chi connectivity index (χ1n) is 11.6. The first-order chi connectivity index (χ1) is 16.1. The van der Waals surface area contributed by atoms with Crippen molar-refractivity contribution < 1.29 is 9.13 Å². The van der Waals surface area contributed by atoms with E-state index in [0.29, 0.717) is 23.4 Å². The molecule has 1 aromatic carbocycles. The largest absolute Gasteiger partial charge is 0.487 e. The Morgan fingerprint density at radius 2 is 2.09 bits per heavy atom. The molecule has 3 unspecified atom stereocenters. The molecule has 170 valence electrons. The Morgan fingerprint density at radius 3 is 2.91 bits per heavy atom. The van der Waals surface area contributed by atoms with Crippen molar-refractivity contribution in [2.45, 2.75) is 43.9 Å². The van der Waals surface area contributed by atoms with Gasteiger partial charge in [0.2, 0.25) is 0 Å². The number of nitrogens with zero attached hydrogens (tertiary/aromatic N) is 4. The summed E-state index contributed by atoms with van der Waals surface area (Å²) < 4.78 is 20.3. The number of anilines is 1. The molecule has 0 N–H and O–H groups in total. The molecule has 0 radical (unpaired) electrons. The Balaban J connectivity index is 1.22. The average Bonchev–Trinajstić information content (AvgIpc) is 3.39. The van der Waals surface area contributed by atoms with Crippen LogP contribution in [0.25, 0.3) is 5.69 Å². The summed E-state index contributed by atoms with van der Waals surface area (Å²) in [6.45, 7) is 2.54. The minimum atomic E-state index is -0.388. The van der Waals surface area contributed by atoms with Gasteiger partial charge in [-0.3, -0.25) is 19.2 Å². The third-order valence-electron chi connectivity index (χ3n) is 7.54. The molecule has 2 saturated heterocycles. The van der Waals surface area contributed by atoms with Crippen LogP contribution in [0.15, 0.2) is 59.7 Å². The Bertz CT molecular complexity index is 1240. The number of likely N-dealkylation sites (N-methyl/N-ethyl adjacent to an activating group) is 1. The maximum absolute atomic E-state index is 13.0. The van der Waals surface area contributed by atoms with E-state index in [9.17, 15) is 9.18 Å². The number of benzene rings is 1. The first kappa shape index (κ1) is 20.4. The maximum Gasteiger partial charge on any atom is 0.258 e. The van der Waals surface area contributed by atoms with E-state index in [1.165, 1.54) is 49.2 Å². The van der Waals surface area contributed by atoms with Crippen molar-refractivity contribution in [2.75, 3.05) is 25.0 Å². The van der Waals surface area contributed by atoms with Crippen LogP contribution in [0.4, 0.5) is 10.1 Å². The van der Waals surface area contributed by atoms with Crippen LogP contribution in [0.3, 0.4) is 0 Å². The van der Waals surface area contributed by atoms with Gasteiger partial charge in [0.15, 0.2) is 0 Å². The molecule has 6 nitrogen and oxygen atoms in total. The van der Waals surface area contributed by atoms with E-state index in [1.807, 2.05) is 0 Å². The summed E-state index contributed by atoms with van der Waals surface area (Å²) in [7, 11) is 2.20. The quantitative estimate of drug-likeness (QED) is 0.612. The molecule has 0 amide bonds. The molecule has 3 aliphatic rings. The van der Waals surface area contributed by atoms with Crippen molar-refractivity contribution >= 4 is 5.69 Å². The molecule has 0 aliphatic carbocycles. The minimum absolute atomic E-state index is 0.154. The smallest absolute Gasteiger partial charge is 0.258 e. The number of ether oxygens (including phenoxy) is 1. The van der Waals surface area contributed by atoms with Gasteiger partial charge in [-0.1, -0.05) is 6.07 Å². The molecule has 6 rings (SSSR count). The van der Waals surface area contributed by atoms with E-state index in [0.717, 1.165) is 24.5 Å². The number of hydrogen-bond acceptors (Lipinski definition) is 5. The third kappa shape index (κ3) is 3.60. The lowest BCUT2D eigenvalue weighted by Crippen LogP contribution is -2.48. The molecule has 0 saturated carbocycles. The summed E-state index contributed by atoms with van der Waals surface area (Å²) >= 11 is 0. The van der Waals surface area contributed by atoms with Crippen LogP contribution >= 0.6 is 0 Å². The second-order valence-corrected chi connectivity index (χ2v) is 9.38. The van der Waals surface area contributed by atoms with Crippen molar-refractivity contribution in [3.8, 4) is 11.4 Å². The standard InChI is InChI=1S/C26H27FN4O2/c1-29-24-12-20(6-7-22(24)23-15-30-9-2-3-19(30)11-25(23)29)31-10-8-21(13-26(31)32)33-16-18-5-4-17(27)14-28-18/h4-8,10,12-14,19,23,25H,2-3,9,11,15-16H2,1H3. The number of aromatic nitrogens is 2. The molecule has 0 spiro atoms. The molecule has 3 aliphatic heterocycles. The zero-order valence-electron chi connectivity index (χ0n) is 18.7. The van der Waals surface area contributed by atoms with Gasteiger partial charge in [0, 0.05) is 49.5 Å². The lowest BCUT2D eigenvalue weighted by Gasteiger charge is -2.40. The van der Waals surface area contributed by atoms with Gasteiger partial charge < -0.3 is 9.64 Å². The van der Waals surface area contributed by atoms with Crippen LogP contribution in [0.2, 0.25) is 0 Å². The second-order valence-electron chi connectivity index (χ2n) is 9.38. The highest BCUT2D eigenvalue weighted by Gasteiger charge is 2.45. The van der Waals surface area contributed by atoms with E-state index in [4.69, 9.17) is 4.74 Å². The topological polar surface area (TPSA) is 50.6 Å². The highest BCUT2D eigenvalue weighted by molar-refractivity contribution is 5.65. The number of fused-ring (bicyclic) bond motifs is 4. The van der Waals surface area contributed by atoms with Gasteiger partial charge >= 0.3 is 0 Å². The summed E-state index contributed by atoms with van der Waals surface area (Å²) in [4.78, 5) is 21.9. The van der Waals surface area contributed by atoms with Crippen LogP contribution in [0.1, 0.15) is 36.4 Å². The summed E-state index contributed by atoms with van der Waals surface area (Å²) in [5, 5.41) is 0. The van der Waals surface area contributed by atoms with Crippen LogP contribution in [-0.2, 0) is 6.61 Å². The van der Waals surface area contributed by atoms with E-state index in [-0.39, 0.29) is 18.0 Å². The van der Waals surface area contributed by atoms with Gasteiger partial charge in [-0.15, -0.1) is 0 Å². The zero-order valence-corrected chi connectivity index (χ0v) is 18.7. The molecule has 7 heteroatoms. The van der Waals surface area contributed by atoms with Gasteiger partial charge in [-0.2, -0.15) is 0 Å². The molecule has 2 fully saturated rings. The minimum Gasteiger partial charge on any atom is -0.487 e. The van der Waals surface area contributed by atoms with Gasteiger partial charge in [-0.25, -0.2) is 4.39 Å². The summed E-state index contributed by atoms with van der Waals surface area (Å²) in [6.07, 6.45) is 6.76. The predicted molar refractivity (Wildman–Crippen MR) is 125 cm³/mol. The van der Waals surface area contributed by atoms with Gasteiger partial charge in [0.25, 0.3) is 5.56 Å². The number of pyridine rings is 2.